The van der Waals surface area contributed by atoms with Crippen LogP contribution in [0.15, 0.2) is 54.6 Å². The molecule has 2 fully saturated rings. The van der Waals surface area contributed by atoms with E-state index < -0.39 is 12.2 Å². The maximum absolute atomic E-state index is 13.6. The van der Waals surface area contributed by atoms with Gasteiger partial charge in [0.15, 0.2) is 0 Å². The SMILES string of the molecule is CCN1CC(=O)N2[C@@H](CCSC)C(=O)N(CCc3ccc(F)cc3)C[C@@H]2N1C(=O)NCc1ccccc1. The molecule has 198 valence electrons. The maximum atomic E-state index is 13.6. The molecule has 2 heterocycles. The van der Waals surface area contributed by atoms with Gasteiger partial charge in [-0.1, -0.05) is 49.4 Å². The minimum Gasteiger partial charge on any atom is -0.337 e. The number of urea groups is 1. The summed E-state index contributed by atoms with van der Waals surface area (Å²) in [6, 6.07) is 15.0. The van der Waals surface area contributed by atoms with Gasteiger partial charge in [0.1, 0.15) is 18.0 Å². The Morgan fingerprint density at radius 3 is 2.49 bits per heavy atom. The molecule has 2 aliphatic heterocycles. The molecule has 0 spiro atoms. The summed E-state index contributed by atoms with van der Waals surface area (Å²) in [6.45, 7) is 3.43. The van der Waals surface area contributed by atoms with Gasteiger partial charge in [-0.3, -0.25) is 9.59 Å². The first-order chi connectivity index (χ1) is 17.9. The zero-order valence-electron chi connectivity index (χ0n) is 21.3. The summed E-state index contributed by atoms with van der Waals surface area (Å²) in [5.41, 5.74) is 1.89. The van der Waals surface area contributed by atoms with Gasteiger partial charge in [-0.2, -0.15) is 11.8 Å². The minimum atomic E-state index is -0.629. The minimum absolute atomic E-state index is 0.0460. The van der Waals surface area contributed by atoms with Gasteiger partial charge in [0, 0.05) is 19.6 Å². The summed E-state index contributed by atoms with van der Waals surface area (Å²) >= 11 is 1.62. The Labute approximate surface area is 221 Å². The van der Waals surface area contributed by atoms with E-state index in [-0.39, 0.29) is 36.8 Å². The van der Waals surface area contributed by atoms with Crippen LogP contribution in [-0.4, -0.2) is 88.1 Å². The van der Waals surface area contributed by atoms with Crippen molar-refractivity contribution in [3.8, 4) is 0 Å². The molecule has 0 aromatic heterocycles. The number of carbonyl (C=O) groups is 3. The van der Waals surface area contributed by atoms with E-state index in [1.54, 1.807) is 43.7 Å². The van der Waals surface area contributed by atoms with Crippen molar-refractivity contribution < 1.29 is 18.8 Å². The van der Waals surface area contributed by atoms with E-state index in [0.717, 1.165) is 16.9 Å². The summed E-state index contributed by atoms with van der Waals surface area (Å²) in [7, 11) is 0. The Morgan fingerprint density at radius 2 is 1.81 bits per heavy atom. The molecule has 2 aromatic rings. The molecule has 0 aliphatic carbocycles. The molecule has 37 heavy (non-hydrogen) atoms. The van der Waals surface area contributed by atoms with Gasteiger partial charge in [0.05, 0.1) is 13.1 Å². The van der Waals surface area contributed by atoms with Crippen LogP contribution >= 0.6 is 11.8 Å². The molecular formula is C27H34FN5O3S. The second-order valence-corrected chi connectivity index (χ2v) is 10.2. The van der Waals surface area contributed by atoms with Crippen LogP contribution in [0.25, 0.3) is 0 Å². The fraction of sp³-hybridized carbons (Fsp3) is 0.444. The van der Waals surface area contributed by atoms with Gasteiger partial charge in [0.25, 0.3) is 0 Å². The number of rotatable bonds is 9. The zero-order valence-corrected chi connectivity index (χ0v) is 22.1. The number of carbonyl (C=O) groups excluding carboxylic acids is 3. The third-order valence-electron chi connectivity index (χ3n) is 6.87. The number of hydrazine groups is 1. The molecule has 4 rings (SSSR count). The molecule has 0 bridgehead atoms. The Kier molecular flexibility index (Phi) is 9.04. The number of benzene rings is 2. The second kappa shape index (κ2) is 12.4. The summed E-state index contributed by atoms with van der Waals surface area (Å²) in [5, 5.41) is 6.36. The molecule has 2 atom stereocenters. The normalized spacial score (nSPS) is 20.2. The number of nitrogens with zero attached hydrogens (tertiary/aromatic N) is 4. The summed E-state index contributed by atoms with van der Waals surface area (Å²) in [5.74, 6) is 0.172. The van der Waals surface area contributed by atoms with Crippen LogP contribution in [-0.2, 0) is 22.6 Å². The number of thioether (sulfide) groups is 1. The Bertz CT molecular complexity index is 1090. The highest BCUT2D eigenvalue weighted by Gasteiger charge is 2.50. The predicted molar refractivity (Wildman–Crippen MR) is 142 cm³/mol. The first kappa shape index (κ1) is 26.9. The van der Waals surface area contributed by atoms with E-state index >= 15 is 0 Å². The molecule has 2 saturated heterocycles. The molecule has 4 amide bonds. The molecule has 2 aliphatic rings. The van der Waals surface area contributed by atoms with Crippen LogP contribution in [0, 0.1) is 5.82 Å². The van der Waals surface area contributed by atoms with Crippen LogP contribution in [0.5, 0.6) is 0 Å². The Morgan fingerprint density at radius 1 is 1.08 bits per heavy atom. The maximum Gasteiger partial charge on any atom is 0.334 e. The lowest BCUT2D eigenvalue weighted by molar-refractivity contribution is -0.189. The van der Waals surface area contributed by atoms with Crippen LogP contribution in [0.3, 0.4) is 0 Å². The van der Waals surface area contributed by atoms with Crippen LogP contribution in [0.4, 0.5) is 9.18 Å². The van der Waals surface area contributed by atoms with Crippen LogP contribution in [0.1, 0.15) is 24.5 Å². The lowest BCUT2D eigenvalue weighted by Gasteiger charge is -2.55. The largest absolute Gasteiger partial charge is 0.337 e. The van der Waals surface area contributed by atoms with E-state index in [1.165, 1.54) is 12.1 Å². The lowest BCUT2D eigenvalue weighted by atomic mass is 10.0. The number of hydrogen-bond donors (Lipinski definition) is 1. The highest BCUT2D eigenvalue weighted by atomic mass is 32.2. The first-order valence-corrected chi connectivity index (χ1v) is 14.0. The summed E-state index contributed by atoms with van der Waals surface area (Å²) in [6.07, 6.45) is 2.44. The molecule has 0 radical (unpaired) electrons. The molecule has 8 nitrogen and oxygen atoms in total. The van der Waals surface area contributed by atoms with E-state index in [1.807, 2.05) is 43.5 Å². The number of hydrogen-bond acceptors (Lipinski definition) is 5. The standard InChI is InChI=1S/C27H34FN5O3S/c1-3-31-19-25(34)32-23(14-16-37-2)26(35)30(15-13-20-9-11-22(28)12-10-20)18-24(32)33(31)27(36)29-17-21-7-5-4-6-8-21/h4-12,23-24H,3,13-19H2,1-2H3,(H,29,36)/t23-,24-/m0/s1. The van der Waals surface area contributed by atoms with Gasteiger partial charge < -0.3 is 15.1 Å². The first-order valence-electron chi connectivity index (χ1n) is 12.6. The molecule has 0 saturated carbocycles. The fourth-order valence-corrected chi connectivity index (χ4v) is 5.40. The van der Waals surface area contributed by atoms with Gasteiger partial charge in [-0.25, -0.2) is 19.2 Å². The van der Waals surface area contributed by atoms with E-state index in [9.17, 15) is 18.8 Å². The molecule has 2 aromatic carbocycles. The van der Waals surface area contributed by atoms with Crippen molar-refractivity contribution >= 4 is 29.6 Å². The van der Waals surface area contributed by atoms with Crippen molar-refractivity contribution in [3.63, 3.8) is 0 Å². The van der Waals surface area contributed by atoms with Crippen LogP contribution in [0.2, 0.25) is 0 Å². The Balaban J connectivity index is 1.57. The number of amides is 4. The highest BCUT2D eigenvalue weighted by Crippen LogP contribution is 2.28. The third kappa shape index (κ3) is 6.24. The quantitative estimate of drug-likeness (QED) is 0.543. The molecule has 0 unspecified atom stereocenters. The van der Waals surface area contributed by atoms with Crippen molar-refractivity contribution in [3.05, 3.63) is 71.5 Å². The van der Waals surface area contributed by atoms with E-state index in [0.29, 0.717) is 32.5 Å². The molecular weight excluding hydrogens is 493 g/mol. The third-order valence-corrected chi connectivity index (χ3v) is 7.51. The summed E-state index contributed by atoms with van der Waals surface area (Å²) < 4.78 is 13.3. The van der Waals surface area contributed by atoms with Gasteiger partial charge >= 0.3 is 6.03 Å². The number of halogens is 1. The monoisotopic (exact) mass is 527 g/mol. The van der Waals surface area contributed by atoms with Crippen molar-refractivity contribution in [2.45, 2.75) is 38.5 Å². The smallest absolute Gasteiger partial charge is 0.334 e. The fourth-order valence-electron chi connectivity index (χ4n) is 4.94. The lowest BCUT2D eigenvalue weighted by Crippen LogP contribution is -2.76. The number of likely N-dealkylation sites (N-methyl/N-ethyl adjacent to an activating group) is 1. The van der Waals surface area contributed by atoms with Crippen LogP contribution < -0.4 is 5.32 Å². The molecule has 1 N–H and O–H groups in total. The van der Waals surface area contributed by atoms with E-state index in [2.05, 4.69) is 5.32 Å². The van der Waals surface area contributed by atoms with Gasteiger partial charge in [-0.15, -0.1) is 0 Å². The second-order valence-electron chi connectivity index (χ2n) is 9.21. The van der Waals surface area contributed by atoms with Crippen molar-refractivity contribution in [1.29, 1.82) is 0 Å². The number of nitrogens with one attached hydrogen (secondary N) is 1. The predicted octanol–water partition coefficient (Wildman–Crippen LogP) is 2.95. The number of piperazine rings is 1. The summed E-state index contributed by atoms with van der Waals surface area (Å²) in [4.78, 5) is 43.8. The van der Waals surface area contributed by atoms with Crippen molar-refractivity contribution in [1.82, 2.24) is 25.1 Å². The highest BCUT2D eigenvalue weighted by molar-refractivity contribution is 7.98. The topological polar surface area (TPSA) is 76.2 Å². The van der Waals surface area contributed by atoms with E-state index in [4.69, 9.17) is 0 Å². The Hall–Kier alpha value is -3.11. The van der Waals surface area contributed by atoms with Gasteiger partial charge in [-0.05, 0) is 48.1 Å². The molecule has 10 heteroatoms. The number of fused-ring (bicyclic) bond motifs is 1. The average molecular weight is 528 g/mol. The zero-order chi connectivity index (χ0) is 26.4. The average Bonchev–Trinajstić information content (AvgIpc) is 2.91. The van der Waals surface area contributed by atoms with Gasteiger partial charge in [0.2, 0.25) is 11.8 Å². The van der Waals surface area contributed by atoms with Crippen molar-refractivity contribution in [2.75, 3.05) is 38.2 Å². The van der Waals surface area contributed by atoms with Crippen molar-refractivity contribution in [2.24, 2.45) is 0 Å².